The summed E-state index contributed by atoms with van der Waals surface area (Å²) >= 11 is 3.46. The lowest BCUT2D eigenvalue weighted by atomic mass is 10.1. The standard InChI is InChI=1S/C8H12BrN3/c1-5-3-6(2)12-8(11-5)7(9)4-10-12/h4-6,11H,3H2,1-2H3. The predicted octanol–water partition coefficient (Wildman–Crippen LogP) is 2.41. The summed E-state index contributed by atoms with van der Waals surface area (Å²) < 4.78 is 3.09. The van der Waals surface area contributed by atoms with Crippen molar-refractivity contribution >= 4 is 21.7 Å². The highest BCUT2D eigenvalue weighted by molar-refractivity contribution is 9.10. The Morgan fingerprint density at radius 2 is 2.42 bits per heavy atom. The Kier molecular flexibility index (Phi) is 1.87. The van der Waals surface area contributed by atoms with Crippen molar-refractivity contribution in [2.24, 2.45) is 0 Å². The average molecular weight is 230 g/mol. The zero-order chi connectivity index (χ0) is 8.72. The molecule has 12 heavy (non-hydrogen) atoms. The summed E-state index contributed by atoms with van der Waals surface area (Å²) in [6, 6.07) is 1.04. The van der Waals surface area contributed by atoms with Gasteiger partial charge in [-0.1, -0.05) is 0 Å². The Balaban J connectivity index is 2.43. The van der Waals surface area contributed by atoms with Gasteiger partial charge in [-0.2, -0.15) is 5.10 Å². The van der Waals surface area contributed by atoms with Crippen LogP contribution in [-0.2, 0) is 0 Å². The normalized spacial score (nSPS) is 27.9. The molecule has 1 aromatic heterocycles. The van der Waals surface area contributed by atoms with E-state index in [1.807, 2.05) is 10.9 Å². The van der Waals surface area contributed by atoms with Crippen LogP contribution in [0.5, 0.6) is 0 Å². The van der Waals surface area contributed by atoms with Gasteiger partial charge in [-0.05, 0) is 36.2 Å². The Bertz CT molecular complexity index is 294. The molecule has 0 amide bonds. The van der Waals surface area contributed by atoms with Crippen LogP contribution < -0.4 is 5.32 Å². The summed E-state index contributed by atoms with van der Waals surface area (Å²) in [4.78, 5) is 0. The molecule has 0 bridgehead atoms. The number of nitrogens with zero attached hydrogens (tertiary/aromatic N) is 2. The maximum absolute atomic E-state index is 4.28. The lowest BCUT2D eigenvalue weighted by Crippen LogP contribution is -2.28. The van der Waals surface area contributed by atoms with Gasteiger partial charge in [0.2, 0.25) is 0 Å². The molecule has 0 saturated carbocycles. The molecule has 1 aliphatic heterocycles. The third kappa shape index (κ3) is 1.14. The summed E-state index contributed by atoms with van der Waals surface area (Å²) in [5.41, 5.74) is 0. The van der Waals surface area contributed by atoms with E-state index < -0.39 is 0 Å². The topological polar surface area (TPSA) is 29.9 Å². The first kappa shape index (κ1) is 8.10. The number of halogens is 1. The van der Waals surface area contributed by atoms with Crippen LogP contribution in [0, 0.1) is 0 Å². The van der Waals surface area contributed by atoms with Crippen LogP contribution in [-0.4, -0.2) is 15.8 Å². The second-order valence-corrected chi connectivity index (χ2v) is 4.27. The molecule has 2 heterocycles. The van der Waals surface area contributed by atoms with E-state index in [2.05, 4.69) is 40.2 Å². The highest BCUT2D eigenvalue weighted by atomic mass is 79.9. The maximum atomic E-state index is 4.28. The van der Waals surface area contributed by atoms with Crippen LogP contribution in [0.4, 0.5) is 5.82 Å². The van der Waals surface area contributed by atoms with Gasteiger partial charge in [-0.15, -0.1) is 0 Å². The molecule has 1 aromatic rings. The molecule has 0 aromatic carbocycles. The molecule has 2 atom stereocenters. The van der Waals surface area contributed by atoms with Crippen LogP contribution in [0.25, 0.3) is 0 Å². The molecule has 2 rings (SSSR count). The quantitative estimate of drug-likeness (QED) is 0.741. The van der Waals surface area contributed by atoms with Crippen molar-refractivity contribution < 1.29 is 0 Å². The van der Waals surface area contributed by atoms with Crippen LogP contribution in [0.2, 0.25) is 0 Å². The van der Waals surface area contributed by atoms with Crippen molar-refractivity contribution in [2.75, 3.05) is 5.32 Å². The molecule has 0 saturated heterocycles. The van der Waals surface area contributed by atoms with Crippen LogP contribution >= 0.6 is 15.9 Å². The molecule has 2 unspecified atom stereocenters. The molecule has 0 spiro atoms. The second kappa shape index (κ2) is 2.76. The fourth-order valence-corrected chi connectivity index (χ4v) is 2.10. The Labute approximate surface area is 80.3 Å². The lowest BCUT2D eigenvalue weighted by Gasteiger charge is -2.28. The first-order valence-corrected chi connectivity index (χ1v) is 4.97. The summed E-state index contributed by atoms with van der Waals surface area (Å²) in [6.07, 6.45) is 2.98. The number of fused-ring (bicyclic) bond motifs is 1. The van der Waals surface area contributed by atoms with Gasteiger partial charge in [-0.25, -0.2) is 4.68 Å². The summed E-state index contributed by atoms with van der Waals surface area (Å²) in [6.45, 7) is 4.39. The smallest absolute Gasteiger partial charge is 0.139 e. The largest absolute Gasteiger partial charge is 0.367 e. The Morgan fingerprint density at radius 1 is 1.67 bits per heavy atom. The molecule has 1 N–H and O–H groups in total. The molecule has 3 nitrogen and oxygen atoms in total. The number of anilines is 1. The van der Waals surface area contributed by atoms with E-state index in [1.54, 1.807) is 0 Å². The van der Waals surface area contributed by atoms with Crippen LogP contribution in [0.15, 0.2) is 10.7 Å². The molecule has 0 radical (unpaired) electrons. The van der Waals surface area contributed by atoms with E-state index in [9.17, 15) is 0 Å². The Morgan fingerprint density at radius 3 is 3.17 bits per heavy atom. The lowest BCUT2D eigenvalue weighted by molar-refractivity contribution is 0.413. The molecule has 0 fully saturated rings. The number of hydrogen-bond donors (Lipinski definition) is 1. The van der Waals surface area contributed by atoms with Crippen molar-refractivity contribution in [2.45, 2.75) is 32.4 Å². The monoisotopic (exact) mass is 229 g/mol. The minimum absolute atomic E-state index is 0.502. The Hall–Kier alpha value is -0.510. The predicted molar refractivity (Wildman–Crippen MR) is 52.3 cm³/mol. The molecule has 66 valence electrons. The van der Waals surface area contributed by atoms with Gasteiger partial charge in [0.05, 0.1) is 16.7 Å². The third-order valence-electron chi connectivity index (χ3n) is 2.25. The second-order valence-electron chi connectivity index (χ2n) is 3.42. The van der Waals surface area contributed by atoms with Crippen molar-refractivity contribution in [3.63, 3.8) is 0 Å². The number of hydrogen-bond acceptors (Lipinski definition) is 2. The van der Waals surface area contributed by atoms with E-state index >= 15 is 0 Å². The zero-order valence-electron chi connectivity index (χ0n) is 7.21. The maximum Gasteiger partial charge on any atom is 0.139 e. The minimum Gasteiger partial charge on any atom is -0.367 e. The van der Waals surface area contributed by atoms with Gasteiger partial charge in [0.1, 0.15) is 5.82 Å². The molecule has 4 heteroatoms. The van der Waals surface area contributed by atoms with E-state index in [-0.39, 0.29) is 0 Å². The fraction of sp³-hybridized carbons (Fsp3) is 0.625. The highest BCUT2D eigenvalue weighted by Gasteiger charge is 2.22. The van der Waals surface area contributed by atoms with Gasteiger partial charge < -0.3 is 5.32 Å². The number of rotatable bonds is 0. The minimum atomic E-state index is 0.502. The fourth-order valence-electron chi connectivity index (χ4n) is 1.71. The van der Waals surface area contributed by atoms with Crippen LogP contribution in [0.3, 0.4) is 0 Å². The van der Waals surface area contributed by atoms with Crippen molar-refractivity contribution in [1.82, 2.24) is 9.78 Å². The van der Waals surface area contributed by atoms with E-state index in [4.69, 9.17) is 0 Å². The molecular formula is C8H12BrN3. The van der Waals surface area contributed by atoms with Crippen molar-refractivity contribution in [1.29, 1.82) is 0 Å². The van der Waals surface area contributed by atoms with Gasteiger partial charge >= 0.3 is 0 Å². The highest BCUT2D eigenvalue weighted by Crippen LogP contribution is 2.31. The van der Waals surface area contributed by atoms with Gasteiger partial charge in [0.25, 0.3) is 0 Å². The first-order chi connectivity index (χ1) is 5.68. The van der Waals surface area contributed by atoms with E-state index in [0.29, 0.717) is 12.1 Å². The molecule has 0 aliphatic carbocycles. The molecule has 1 aliphatic rings. The summed E-state index contributed by atoms with van der Waals surface area (Å²) in [7, 11) is 0. The number of nitrogens with one attached hydrogen (secondary N) is 1. The first-order valence-electron chi connectivity index (χ1n) is 4.18. The zero-order valence-corrected chi connectivity index (χ0v) is 8.80. The number of aromatic nitrogens is 2. The van der Waals surface area contributed by atoms with Crippen molar-refractivity contribution in [3.8, 4) is 0 Å². The third-order valence-corrected chi connectivity index (χ3v) is 2.83. The van der Waals surface area contributed by atoms with Crippen molar-refractivity contribution in [3.05, 3.63) is 10.7 Å². The SMILES string of the molecule is CC1CC(C)n2ncc(Br)c2N1. The van der Waals surface area contributed by atoms with Gasteiger partial charge in [-0.3, -0.25) is 0 Å². The van der Waals surface area contributed by atoms with Crippen LogP contribution in [0.1, 0.15) is 26.3 Å². The van der Waals surface area contributed by atoms with Gasteiger partial charge in [0, 0.05) is 6.04 Å². The summed E-state index contributed by atoms with van der Waals surface area (Å²) in [5.74, 6) is 1.11. The summed E-state index contributed by atoms with van der Waals surface area (Å²) in [5, 5.41) is 7.67. The molecular weight excluding hydrogens is 218 g/mol. The van der Waals surface area contributed by atoms with Gasteiger partial charge in [0.15, 0.2) is 0 Å². The van der Waals surface area contributed by atoms with E-state index in [0.717, 1.165) is 16.7 Å². The average Bonchev–Trinajstić information content (AvgIpc) is 2.33. The van der Waals surface area contributed by atoms with E-state index in [1.165, 1.54) is 0 Å².